The molecule has 0 atom stereocenters. The van der Waals surface area contributed by atoms with Gasteiger partial charge in [0.05, 0.1) is 0 Å². The second-order valence-electron chi connectivity index (χ2n) is 8.15. The maximum absolute atomic E-state index is 11.0. The quantitative estimate of drug-likeness (QED) is 0.153. The predicted octanol–water partition coefficient (Wildman–Crippen LogP) is 7.96. The Balaban J connectivity index is 1.65. The van der Waals surface area contributed by atoms with Crippen molar-refractivity contribution in [1.82, 2.24) is 0 Å². The van der Waals surface area contributed by atoms with Gasteiger partial charge in [0.25, 0.3) is 0 Å². The zero-order valence-electron chi connectivity index (χ0n) is 18.5. The molecule has 5 aromatic rings. The molecule has 34 heavy (non-hydrogen) atoms. The van der Waals surface area contributed by atoms with Gasteiger partial charge in [0.2, 0.25) is 0 Å². The molecule has 0 aliphatic heterocycles. The third-order valence-electron chi connectivity index (χ3n) is 6.04. The van der Waals surface area contributed by atoms with Crippen LogP contribution in [0.25, 0.3) is 45.8 Å². The summed E-state index contributed by atoms with van der Waals surface area (Å²) < 4.78 is 0. The number of hydrogen-bond donors (Lipinski definition) is 0. The fourth-order valence-corrected chi connectivity index (χ4v) is 4.29. The summed E-state index contributed by atoms with van der Waals surface area (Å²) in [6, 6.07) is 32.1. The molecule has 162 valence electrons. The van der Waals surface area contributed by atoms with Gasteiger partial charge in [0, 0.05) is 11.1 Å². The van der Waals surface area contributed by atoms with Crippen molar-refractivity contribution >= 4 is 58.4 Å². The first-order chi connectivity index (χ1) is 16.8. The Morgan fingerprint density at radius 2 is 0.647 bits per heavy atom. The monoisotopic (exact) mass is 438 g/mol. The Labute approximate surface area is 198 Å². The van der Waals surface area contributed by atoms with E-state index in [-0.39, 0.29) is 0 Å². The molecule has 5 aromatic carbocycles. The maximum Gasteiger partial charge on any atom is 0.150 e. The first-order valence-electron chi connectivity index (χ1n) is 11.2. The smallest absolute Gasteiger partial charge is 0.150 e. The predicted molar refractivity (Wildman–Crippen MR) is 143 cm³/mol. The summed E-state index contributed by atoms with van der Waals surface area (Å²) in [5.41, 5.74) is 5.76. The molecule has 0 aliphatic rings. The lowest BCUT2D eigenvalue weighted by molar-refractivity contribution is 0.111. The van der Waals surface area contributed by atoms with Crippen LogP contribution in [0.4, 0.5) is 0 Å². The van der Waals surface area contributed by atoms with Crippen molar-refractivity contribution in [2.75, 3.05) is 0 Å². The Bertz CT molecular complexity index is 1380. The second-order valence-corrected chi connectivity index (χ2v) is 8.15. The topological polar surface area (TPSA) is 34.1 Å². The number of aldehydes is 2. The van der Waals surface area contributed by atoms with Crippen LogP contribution in [-0.4, -0.2) is 12.6 Å². The van der Waals surface area contributed by atoms with Crippen LogP contribution in [0.2, 0.25) is 0 Å². The molecule has 5 rings (SSSR count). The van der Waals surface area contributed by atoms with Gasteiger partial charge in [-0.25, -0.2) is 0 Å². The van der Waals surface area contributed by atoms with Crippen molar-refractivity contribution in [2.45, 2.75) is 0 Å². The van der Waals surface area contributed by atoms with E-state index in [0.717, 1.165) is 34.8 Å². The molecule has 0 aromatic heterocycles. The van der Waals surface area contributed by atoms with Gasteiger partial charge in [-0.05, 0) is 43.8 Å². The maximum atomic E-state index is 11.0. The number of carbonyl (C=O) groups excluding carboxylic acids is 2. The highest BCUT2D eigenvalue weighted by molar-refractivity contribution is 6.14. The molecule has 0 aliphatic carbocycles. The molecule has 2 heteroatoms. The largest absolute Gasteiger partial charge is 0.298 e. The van der Waals surface area contributed by atoms with E-state index in [1.807, 2.05) is 48.5 Å². The Morgan fingerprint density at radius 3 is 0.941 bits per heavy atom. The molecule has 0 bridgehead atoms. The van der Waals surface area contributed by atoms with Gasteiger partial charge in [0.1, 0.15) is 12.6 Å². The molecule has 0 spiro atoms. The summed E-state index contributed by atoms with van der Waals surface area (Å²) in [5.74, 6) is 0. The Morgan fingerprint density at radius 1 is 0.353 bits per heavy atom. The van der Waals surface area contributed by atoms with E-state index in [1.165, 1.54) is 21.5 Å². The van der Waals surface area contributed by atoms with Crippen molar-refractivity contribution in [2.24, 2.45) is 0 Å². The summed E-state index contributed by atoms with van der Waals surface area (Å²) in [5, 5.41) is 4.71. The lowest BCUT2D eigenvalue weighted by Crippen LogP contribution is -1.89. The van der Waals surface area contributed by atoms with Gasteiger partial charge in [-0.3, -0.25) is 9.59 Å². The lowest BCUT2D eigenvalue weighted by atomic mass is 9.90. The number of rotatable bonds is 6. The molecule has 0 unspecified atom stereocenters. The van der Waals surface area contributed by atoms with E-state index in [1.54, 1.807) is 0 Å². The van der Waals surface area contributed by atoms with Crippen molar-refractivity contribution in [3.05, 3.63) is 130 Å². The molecular formula is C32H22O2. The van der Waals surface area contributed by atoms with E-state index in [2.05, 4.69) is 72.8 Å². The Kier molecular flexibility index (Phi) is 5.96. The van der Waals surface area contributed by atoms with Gasteiger partial charge in [-0.2, -0.15) is 0 Å². The van der Waals surface area contributed by atoms with Crippen LogP contribution in [0.5, 0.6) is 0 Å². The highest BCUT2D eigenvalue weighted by Gasteiger charge is 2.10. The normalized spacial score (nSPS) is 11.5. The van der Waals surface area contributed by atoms with Gasteiger partial charge in [-0.15, -0.1) is 0 Å². The van der Waals surface area contributed by atoms with Gasteiger partial charge in [-0.1, -0.05) is 121 Å². The van der Waals surface area contributed by atoms with E-state index in [9.17, 15) is 9.59 Å². The molecular weight excluding hydrogens is 416 g/mol. The average molecular weight is 439 g/mol. The highest BCUT2D eigenvalue weighted by Crippen LogP contribution is 2.35. The molecule has 0 N–H and O–H groups in total. The van der Waals surface area contributed by atoms with E-state index in [0.29, 0.717) is 11.1 Å². The third kappa shape index (κ3) is 4.22. The summed E-state index contributed by atoms with van der Waals surface area (Å²) in [7, 11) is 0. The van der Waals surface area contributed by atoms with Crippen LogP contribution < -0.4 is 0 Å². The van der Waals surface area contributed by atoms with E-state index >= 15 is 0 Å². The minimum Gasteiger partial charge on any atom is -0.298 e. The first kappa shape index (κ1) is 21.3. The number of benzene rings is 5. The summed E-state index contributed by atoms with van der Waals surface area (Å²) in [6.07, 6.45) is 10.2. The summed E-state index contributed by atoms with van der Waals surface area (Å²) in [4.78, 5) is 21.9. The first-order valence-corrected chi connectivity index (χ1v) is 11.2. The molecule has 0 saturated heterocycles. The third-order valence-corrected chi connectivity index (χ3v) is 6.04. The molecule has 2 nitrogen and oxygen atoms in total. The molecule has 0 radical (unpaired) electrons. The van der Waals surface area contributed by atoms with Crippen LogP contribution in [0, 0.1) is 0 Å². The Hall–Kier alpha value is -4.56. The van der Waals surface area contributed by atoms with Gasteiger partial charge in [0.15, 0.2) is 0 Å². The highest BCUT2D eigenvalue weighted by atomic mass is 16.1. The van der Waals surface area contributed by atoms with Gasteiger partial charge < -0.3 is 0 Å². The zero-order valence-corrected chi connectivity index (χ0v) is 18.5. The SMILES string of the molecule is O=Cc1ccc(C=Cc2c3ccccc3c(C=Cc3ccc(C=O)cc3)c3ccccc23)cc1. The van der Waals surface area contributed by atoms with Crippen molar-refractivity contribution in [1.29, 1.82) is 0 Å². The van der Waals surface area contributed by atoms with Crippen LogP contribution in [0.15, 0.2) is 97.1 Å². The van der Waals surface area contributed by atoms with Crippen molar-refractivity contribution in [3.63, 3.8) is 0 Å². The molecule has 0 fully saturated rings. The fraction of sp³-hybridized carbons (Fsp3) is 0. The molecule has 0 amide bonds. The van der Waals surface area contributed by atoms with Crippen LogP contribution in [0.1, 0.15) is 43.0 Å². The molecule has 0 saturated carbocycles. The number of carbonyl (C=O) groups is 2. The summed E-state index contributed by atoms with van der Waals surface area (Å²) in [6.45, 7) is 0. The van der Waals surface area contributed by atoms with Crippen molar-refractivity contribution < 1.29 is 9.59 Å². The second kappa shape index (κ2) is 9.51. The summed E-state index contributed by atoms with van der Waals surface area (Å²) >= 11 is 0. The zero-order chi connectivity index (χ0) is 23.3. The van der Waals surface area contributed by atoms with E-state index < -0.39 is 0 Å². The van der Waals surface area contributed by atoms with Crippen LogP contribution in [-0.2, 0) is 0 Å². The van der Waals surface area contributed by atoms with Crippen molar-refractivity contribution in [3.8, 4) is 0 Å². The fourth-order valence-electron chi connectivity index (χ4n) is 4.29. The van der Waals surface area contributed by atoms with Crippen LogP contribution >= 0.6 is 0 Å². The molecule has 0 heterocycles. The van der Waals surface area contributed by atoms with E-state index in [4.69, 9.17) is 0 Å². The minimum atomic E-state index is 0.671. The number of hydrogen-bond acceptors (Lipinski definition) is 2. The standard InChI is InChI=1S/C32H22O2/c33-21-25-13-9-23(10-14-25)17-19-31-27-5-1-2-6-28(27)32(30-8-4-3-7-29(30)31)20-18-24-11-15-26(22-34)16-12-24/h1-22H. The van der Waals surface area contributed by atoms with Crippen LogP contribution in [0.3, 0.4) is 0 Å². The number of fused-ring (bicyclic) bond motifs is 2. The minimum absolute atomic E-state index is 0.671. The lowest BCUT2D eigenvalue weighted by Gasteiger charge is -2.13. The average Bonchev–Trinajstić information content (AvgIpc) is 2.91. The van der Waals surface area contributed by atoms with Gasteiger partial charge >= 0.3 is 0 Å².